The molecule has 0 spiro atoms. The Morgan fingerprint density at radius 1 is 1.00 bits per heavy atom. The summed E-state index contributed by atoms with van der Waals surface area (Å²) >= 11 is 18.5. The highest BCUT2D eigenvalue weighted by atomic mass is 35.5. The lowest BCUT2D eigenvalue weighted by Gasteiger charge is -2.15. The van der Waals surface area contributed by atoms with Crippen LogP contribution < -0.4 is 5.32 Å². The molecule has 0 aliphatic carbocycles. The molecular formula is C22H21Cl3N2O3. The third-order valence-electron chi connectivity index (χ3n) is 4.70. The van der Waals surface area contributed by atoms with Crippen molar-refractivity contribution in [2.75, 3.05) is 25.1 Å². The van der Waals surface area contributed by atoms with Crippen molar-refractivity contribution >= 4 is 57.9 Å². The summed E-state index contributed by atoms with van der Waals surface area (Å²) in [4.78, 5) is 27.6. The fourth-order valence-electron chi connectivity index (χ4n) is 3.17. The second-order valence-electron chi connectivity index (χ2n) is 6.77. The van der Waals surface area contributed by atoms with Crippen molar-refractivity contribution in [1.82, 2.24) is 4.90 Å². The van der Waals surface area contributed by atoms with Gasteiger partial charge in [0.15, 0.2) is 0 Å². The van der Waals surface area contributed by atoms with Crippen LogP contribution in [0.5, 0.6) is 0 Å². The molecule has 8 heteroatoms. The number of nitrogens with one attached hydrogen (secondary N) is 1. The second kappa shape index (κ2) is 9.84. The van der Waals surface area contributed by atoms with E-state index in [1.807, 2.05) is 19.9 Å². The molecule has 2 amide bonds. The minimum Gasteiger partial charge on any atom is -0.382 e. The Kier molecular flexibility index (Phi) is 7.42. The van der Waals surface area contributed by atoms with Gasteiger partial charge in [0.1, 0.15) is 5.70 Å². The highest BCUT2D eigenvalue weighted by Gasteiger charge is 2.39. The van der Waals surface area contributed by atoms with Gasteiger partial charge in [-0.05, 0) is 50.1 Å². The summed E-state index contributed by atoms with van der Waals surface area (Å²) in [5.41, 5.74) is 2.32. The molecule has 2 aromatic rings. The molecule has 1 aliphatic heterocycles. The fraction of sp³-hybridized carbons (Fsp3) is 0.273. The van der Waals surface area contributed by atoms with E-state index in [2.05, 4.69) is 5.32 Å². The lowest BCUT2D eigenvalue weighted by molar-refractivity contribution is -0.137. The molecule has 0 atom stereocenters. The molecule has 3 rings (SSSR count). The van der Waals surface area contributed by atoms with Gasteiger partial charge in [0.05, 0.1) is 10.6 Å². The number of rotatable bonds is 8. The Morgan fingerprint density at radius 3 is 2.40 bits per heavy atom. The average molecular weight is 468 g/mol. The number of carbonyl (C=O) groups excluding carboxylic acids is 2. The minimum absolute atomic E-state index is 0.158. The van der Waals surface area contributed by atoms with Gasteiger partial charge in [0, 0.05) is 41.1 Å². The van der Waals surface area contributed by atoms with Gasteiger partial charge >= 0.3 is 0 Å². The molecular weight excluding hydrogens is 447 g/mol. The molecule has 0 saturated heterocycles. The summed E-state index contributed by atoms with van der Waals surface area (Å²) in [6.07, 6.45) is 0.538. The van der Waals surface area contributed by atoms with Crippen LogP contribution >= 0.6 is 34.8 Å². The zero-order chi connectivity index (χ0) is 21.8. The number of hydrogen-bond donors (Lipinski definition) is 1. The first kappa shape index (κ1) is 22.6. The van der Waals surface area contributed by atoms with E-state index in [0.29, 0.717) is 40.9 Å². The van der Waals surface area contributed by atoms with E-state index in [1.165, 1.54) is 4.90 Å². The highest BCUT2D eigenvalue weighted by Crippen LogP contribution is 2.36. The van der Waals surface area contributed by atoms with Crippen LogP contribution in [-0.4, -0.2) is 36.5 Å². The van der Waals surface area contributed by atoms with Crippen LogP contribution in [0.25, 0.3) is 5.57 Å². The maximum Gasteiger partial charge on any atom is 0.278 e. The molecule has 1 aliphatic rings. The summed E-state index contributed by atoms with van der Waals surface area (Å²) in [5.74, 6) is -0.834. The van der Waals surface area contributed by atoms with Crippen LogP contribution in [0.15, 0.2) is 42.1 Å². The summed E-state index contributed by atoms with van der Waals surface area (Å²) in [6, 6.07) is 10.1. The van der Waals surface area contributed by atoms with Gasteiger partial charge in [0.2, 0.25) is 0 Å². The van der Waals surface area contributed by atoms with Crippen LogP contribution in [0.3, 0.4) is 0 Å². The first-order valence-corrected chi connectivity index (χ1v) is 10.6. The largest absolute Gasteiger partial charge is 0.382 e. The van der Waals surface area contributed by atoms with Gasteiger partial charge < -0.3 is 10.1 Å². The van der Waals surface area contributed by atoms with Crippen molar-refractivity contribution in [3.63, 3.8) is 0 Å². The van der Waals surface area contributed by atoms with Crippen molar-refractivity contribution < 1.29 is 14.3 Å². The fourth-order valence-corrected chi connectivity index (χ4v) is 3.84. The number of aryl methyl sites for hydroxylation is 1. The van der Waals surface area contributed by atoms with Crippen LogP contribution in [-0.2, 0) is 14.3 Å². The zero-order valence-corrected chi connectivity index (χ0v) is 18.9. The van der Waals surface area contributed by atoms with Gasteiger partial charge in [-0.1, -0.05) is 46.9 Å². The van der Waals surface area contributed by atoms with E-state index < -0.39 is 11.8 Å². The Labute approximate surface area is 190 Å². The molecule has 158 valence electrons. The number of amides is 2. The van der Waals surface area contributed by atoms with Gasteiger partial charge in [-0.3, -0.25) is 14.5 Å². The molecule has 0 radical (unpaired) electrons. The van der Waals surface area contributed by atoms with Gasteiger partial charge in [0.25, 0.3) is 11.8 Å². The molecule has 30 heavy (non-hydrogen) atoms. The number of nitrogens with zero attached hydrogens (tertiary/aromatic N) is 1. The van der Waals surface area contributed by atoms with E-state index in [9.17, 15) is 9.59 Å². The number of benzene rings is 2. The van der Waals surface area contributed by atoms with E-state index in [1.54, 1.807) is 30.3 Å². The molecule has 2 aromatic carbocycles. The summed E-state index contributed by atoms with van der Waals surface area (Å²) in [6.45, 7) is 5.05. The maximum absolute atomic E-state index is 13.2. The van der Waals surface area contributed by atoms with Crippen molar-refractivity contribution in [3.8, 4) is 0 Å². The molecule has 0 aromatic heterocycles. The number of imide groups is 1. The average Bonchev–Trinajstić information content (AvgIpc) is 2.92. The standard InChI is InChI=1S/C22H21Cl3N2O3/c1-3-30-10-4-9-27-21(28)19(16-8-7-14(23)11-17(16)25)20(22(27)29)26-18-12-15(24)6-5-13(18)2/h5-8,11-12,26H,3-4,9-10H2,1-2H3. The summed E-state index contributed by atoms with van der Waals surface area (Å²) in [5, 5.41) is 4.35. The molecule has 1 N–H and O–H groups in total. The number of halogens is 3. The number of anilines is 1. The van der Waals surface area contributed by atoms with Crippen molar-refractivity contribution in [2.45, 2.75) is 20.3 Å². The normalized spacial score (nSPS) is 14.1. The van der Waals surface area contributed by atoms with Gasteiger partial charge in [-0.2, -0.15) is 0 Å². The maximum atomic E-state index is 13.2. The quantitative estimate of drug-likeness (QED) is 0.407. The van der Waals surface area contributed by atoms with E-state index >= 15 is 0 Å². The number of hydrogen-bond acceptors (Lipinski definition) is 4. The molecule has 0 bridgehead atoms. The summed E-state index contributed by atoms with van der Waals surface area (Å²) < 4.78 is 5.33. The van der Waals surface area contributed by atoms with Gasteiger partial charge in [-0.25, -0.2) is 0 Å². The molecule has 5 nitrogen and oxygen atoms in total. The topological polar surface area (TPSA) is 58.6 Å². The van der Waals surface area contributed by atoms with E-state index in [4.69, 9.17) is 39.5 Å². The first-order valence-electron chi connectivity index (χ1n) is 9.50. The monoisotopic (exact) mass is 466 g/mol. The third kappa shape index (κ3) is 4.81. The van der Waals surface area contributed by atoms with E-state index in [0.717, 1.165) is 5.56 Å². The van der Waals surface area contributed by atoms with Crippen LogP contribution in [0.1, 0.15) is 24.5 Å². The van der Waals surface area contributed by atoms with Crippen LogP contribution in [0.2, 0.25) is 15.1 Å². The smallest absolute Gasteiger partial charge is 0.278 e. The predicted octanol–water partition coefficient (Wildman–Crippen LogP) is 5.57. The van der Waals surface area contributed by atoms with Crippen molar-refractivity contribution in [2.24, 2.45) is 0 Å². The zero-order valence-electron chi connectivity index (χ0n) is 16.6. The third-order valence-corrected chi connectivity index (χ3v) is 5.49. The molecule has 0 unspecified atom stereocenters. The van der Waals surface area contributed by atoms with Crippen molar-refractivity contribution in [1.29, 1.82) is 0 Å². The van der Waals surface area contributed by atoms with Crippen LogP contribution in [0, 0.1) is 6.92 Å². The lowest BCUT2D eigenvalue weighted by atomic mass is 10.0. The van der Waals surface area contributed by atoms with Gasteiger partial charge in [-0.15, -0.1) is 0 Å². The van der Waals surface area contributed by atoms with Crippen molar-refractivity contribution in [3.05, 3.63) is 68.3 Å². The minimum atomic E-state index is -0.420. The number of carbonyl (C=O) groups is 2. The SMILES string of the molecule is CCOCCCN1C(=O)C(Nc2cc(Cl)ccc2C)=C(c2ccc(Cl)cc2Cl)C1=O. The number of ether oxygens (including phenoxy) is 1. The summed E-state index contributed by atoms with van der Waals surface area (Å²) in [7, 11) is 0. The second-order valence-corrected chi connectivity index (χ2v) is 8.05. The van der Waals surface area contributed by atoms with E-state index in [-0.39, 0.29) is 22.8 Å². The lowest BCUT2D eigenvalue weighted by Crippen LogP contribution is -2.34. The molecule has 0 saturated carbocycles. The first-order chi connectivity index (χ1) is 14.3. The molecule has 0 fully saturated rings. The Hall–Kier alpha value is -2.05. The molecule has 1 heterocycles. The highest BCUT2D eigenvalue weighted by molar-refractivity contribution is 6.41. The predicted molar refractivity (Wildman–Crippen MR) is 121 cm³/mol. The Bertz CT molecular complexity index is 1020. The Balaban J connectivity index is 2.03. The van der Waals surface area contributed by atoms with Crippen LogP contribution in [0.4, 0.5) is 5.69 Å². The Morgan fingerprint density at radius 2 is 1.70 bits per heavy atom.